The van der Waals surface area contributed by atoms with Crippen LogP contribution in [0.25, 0.3) is 0 Å². The number of amides is 1. The standard InChI is InChI=1S/C18H20N2O5S/c1-3-26(22,23)20(14-8-9-16-17(10-14)25-12-24-16)11-18(21)19-15-7-5-4-6-13(15)2/h4-10H,3,11-12H2,1-2H3,(H,19,21). The Morgan fingerprint density at radius 2 is 1.88 bits per heavy atom. The highest BCUT2D eigenvalue weighted by atomic mass is 32.2. The zero-order valence-electron chi connectivity index (χ0n) is 14.6. The highest BCUT2D eigenvalue weighted by molar-refractivity contribution is 7.92. The molecule has 138 valence electrons. The second-order valence-electron chi connectivity index (χ2n) is 5.81. The Balaban J connectivity index is 1.85. The number of nitrogens with one attached hydrogen (secondary N) is 1. The van der Waals surface area contributed by atoms with Crippen LogP contribution < -0.4 is 19.1 Å². The molecule has 0 aliphatic carbocycles. The molecule has 0 saturated heterocycles. The highest BCUT2D eigenvalue weighted by Crippen LogP contribution is 2.36. The average molecular weight is 376 g/mol. The van der Waals surface area contributed by atoms with Crippen LogP contribution in [0.4, 0.5) is 11.4 Å². The molecule has 2 aromatic rings. The minimum atomic E-state index is -3.65. The van der Waals surface area contributed by atoms with Gasteiger partial charge in [-0.25, -0.2) is 8.42 Å². The SMILES string of the molecule is CCS(=O)(=O)N(CC(=O)Nc1ccccc1C)c1ccc2c(c1)OCO2. The number of carbonyl (C=O) groups excluding carboxylic acids is 1. The summed E-state index contributed by atoms with van der Waals surface area (Å²) in [5.41, 5.74) is 1.90. The first-order valence-electron chi connectivity index (χ1n) is 8.16. The van der Waals surface area contributed by atoms with E-state index in [0.717, 1.165) is 9.87 Å². The number of anilines is 2. The molecule has 1 aliphatic rings. The zero-order chi connectivity index (χ0) is 18.7. The number of ether oxygens (including phenoxy) is 2. The third-order valence-corrected chi connectivity index (χ3v) is 5.79. The van der Waals surface area contributed by atoms with Gasteiger partial charge in [0.2, 0.25) is 22.7 Å². The summed E-state index contributed by atoms with van der Waals surface area (Å²) in [5, 5.41) is 2.76. The maximum atomic E-state index is 12.5. The van der Waals surface area contributed by atoms with Crippen molar-refractivity contribution in [1.82, 2.24) is 0 Å². The number of hydrogen-bond acceptors (Lipinski definition) is 5. The molecule has 0 saturated carbocycles. The maximum absolute atomic E-state index is 12.5. The van der Waals surface area contributed by atoms with Gasteiger partial charge in [0.1, 0.15) is 6.54 Å². The summed E-state index contributed by atoms with van der Waals surface area (Å²) >= 11 is 0. The number of benzene rings is 2. The van der Waals surface area contributed by atoms with Gasteiger partial charge in [-0.2, -0.15) is 0 Å². The van der Waals surface area contributed by atoms with E-state index in [1.54, 1.807) is 30.3 Å². The lowest BCUT2D eigenvalue weighted by Gasteiger charge is -2.23. The first-order chi connectivity index (χ1) is 12.4. The van der Waals surface area contributed by atoms with E-state index in [0.29, 0.717) is 22.9 Å². The first kappa shape index (κ1) is 18.1. The van der Waals surface area contributed by atoms with Gasteiger partial charge in [0, 0.05) is 11.8 Å². The predicted octanol–water partition coefficient (Wildman–Crippen LogP) is 2.52. The van der Waals surface area contributed by atoms with Gasteiger partial charge in [0.25, 0.3) is 0 Å². The van der Waals surface area contributed by atoms with E-state index in [-0.39, 0.29) is 19.1 Å². The summed E-state index contributed by atoms with van der Waals surface area (Å²) in [5.74, 6) is 0.457. The van der Waals surface area contributed by atoms with Crippen LogP contribution in [-0.4, -0.2) is 33.4 Å². The maximum Gasteiger partial charge on any atom is 0.245 e. The molecule has 0 atom stereocenters. The Hall–Kier alpha value is -2.74. The number of carbonyl (C=O) groups is 1. The van der Waals surface area contributed by atoms with Crippen molar-refractivity contribution in [3.8, 4) is 11.5 Å². The minimum absolute atomic E-state index is 0.0904. The molecule has 26 heavy (non-hydrogen) atoms. The summed E-state index contributed by atoms with van der Waals surface area (Å²) in [7, 11) is -3.65. The lowest BCUT2D eigenvalue weighted by Crippen LogP contribution is -2.39. The average Bonchev–Trinajstić information content (AvgIpc) is 3.09. The summed E-state index contributed by atoms with van der Waals surface area (Å²) in [6, 6.07) is 12.1. The number of sulfonamides is 1. The number of nitrogens with zero attached hydrogens (tertiary/aromatic N) is 1. The molecular weight excluding hydrogens is 356 g/mol. The summed E-state index contributed by atoms with van der Waals surface area (Å²) in [4.78, 5) is 12.5. The van der Waals surface area contributed by atoms with Crippen LogP contribution in [0.5, 0.6) is 11.5 Å². The van der Waals surface area contributed by atoms with Gasteiger partial charge in [0.05, 0.1) is 11.4 Å². The second-order valence-corrected chi connectivity index (χ2v) is 7.99. The lowest BCUT2D eigenvalue weighted by atomic mass is 10.2. The van der Waals surface area contributed by atoms with Crippen molar-refractivity contribution in [2.75, 3.05) is 28.7 Å². The molecule has 8 heteroatoms. The Morgan fingerprint density at radius 1 is 1.15 bits per heavy atom. The molecular formula is C18H20N2O5S. The monoisotopic (exact) mass is 376 g/mol. The van der Waals surface area contributed by atoms with Crippen molar-refractivity contribution < 1.29 is 22.7 Å². The molecule has 0 aromatic heterocycles. The van der Waals surface area contributed by atoms with Gasteiger partial charge >= 0.3 is 0 Å². The molecule has 7 nitrogen and oxygen atoms in total. The number of fused-ring (bicyclic) bond motifs is 1. The largest absolute Gasteiger partial charge is 0.454 e. The van der Waals surface area contributed by atoms with E-state index in [2.05, 4.69) is 5.32 Å². The molecule has 0 spiro atoms. The van der Waals surface area contributed by atoms with Gasteiger partial charge < -0.3 is 14.8 Å². The van der Waals surface area contributed by atoms with E-state index in [1.807, 2.05) is 19.1 Å². The Morgan fingerprint density at radius 3 is 2.62 bits per heavy atom. The molecule has 0 unspecified atom stereocenters. The van der Waals surface area contributed by atoms with Gasteiger partial charge in [-0.1, -0.05) is 18.2 Å². The predicted molar refractivity (Wildman–Crippen MR) is 99.2 cm³/mol. The molecule has 1 heterocycles. The van der Waals surface area contributed by atoms with Gasteiger partial charge in [-0.15, -0.1) is 0 Å². The third kappa shape index (κ3) is 3.75. The molecule has 3 rings (SSSR count). The fraction of sp³-hybridized carbons (Fsp3) is 0.278. The van der Waals surface area contributed by atoms with Crippen LogP contribution in [0.1, 0.15) is 12.5 Å². The van der Waals surface area contributed by atoms with Crippen LogP contribution in [0.2, 0.25) is 0 Å². The quantitative estimate of drug-likeness (QED) is 0.837. The second kappa shape index (κ2) is 7.25. The van der Waals surface area contributed by atoms with Crippen molar-refractivity contribution in [3.05, 3.63) is 48.0 Å². The van der Waals surface area contributed by atoms with Crippen LogP contribution in [-0.2, 0) is 14.8 Å². The molecule has 0 bridgehead atoms. The summed E-state index contributed by atoms with van der Waals surface area (Å²) in [6.07, 6.45) is 0. The smallest absolute Gasteiger partial charge is 0.245 e. The van der Waals surface area contributed by atoms with Crippen molar-refractivity contribution in [2.45, 2.75) is 13.8 Å². The minimum Gasteiger partial charge on any atom is -0.454 e. The van der Waals surface area contributed by atoms with Crippen LogP contribution in [0.15, 0.2) is 42.5 Å². The molecule has 0 fully saturated rings. The van der Waals surface area contributed by atoms with Crippen molar-refractivity contribution in [1.29, 1.82) is 0 Å². The van der Waals surface area contributed by atoms with Gasteiger partial charge in [0.15, 0.2) is 11.5 Å². The number of rotatable bonds is 6. The fourth-order valence-electron chi connectivity index (χ4n) is 2.58. The van der Waals surface area contributed by atoms with Crippen molar-refractivity contribution in [3.63, 3.8) is 0 Å². The van der Waals surface area contributed by atoms with E-state index in [9.17, 15) is 13.2 Å². The van der Waals surface area contributed by atoms with Crippen molar-refractivity contribution >= 4 is 27.3 Å². The van der Waals surface area contributed by atoms with E-state index in [4.69, 9.17) is 9.47 Å². The van der Waals surface area contributed by atoms with Crippen LogP contribution >= 0.6 is 0 Å². The van der Waals surface area contributed by atoms with Gasteiger partial charge in [-0.05, 0) is 37.6 Å². The Bertz CT molecular complexity index is 927. The third-order valence-electron chi connectivity index (χ3n) is 4.05. The van der Waals surface area contributed by atoms with E-state index in [1.165, 1.54) is 6.92 Å². The Kier molecular flexibility index (Phi) is 5.03. The zero-order valence-corrected chi connectivity index (χ0v) is 15.4. The molecule has 1 amide bonds. The van der Waals surface area contributed by atoms with Crippen LogP contribution in [0, 0.1) is 6.92 Å². The molecule has 0 radical (unpaired) electrons. The van der Waals surface area contributed by atoms with E-state index >= 15 is 0 Å². The van der Waals surface area contributed by atoms with Crippen LogP contribution in [0.3, 0.4) is 0 Å². The lowest BCUT2D eigenvalue weighted by molar-refractivity contribution is -0.114. The fourth-order valence-corrected chi connectivity index (χ4v) is 3.64. The Labute approximate surface area is 152 Å². The van der Waals surface area contributed by atoms with Crippen molar-refractivity contribution in [2.24, 2.45) is 0 Å². The molecule has 2 aromatic carbocycles. The number of para-hydroxylation sites is 1. The molecule has 1 N–H and O–H groups in total. The summed E-state index contributed by atoms with van der Waals surface area (Å²) < 4.78 is 36.7. The topological polar surface area (TPSA) is 84.9 Å². The highest BCUT2D eigenvalue weighted by Gasteiger charge is 2.26. The van der Waals surface area contributed by atoms with E-state index < -0.39 is 15.9 Å². The number of hydrogen-bond donors (Lipinski definition) is 1. The number of aryl methyl sites for hydroxylation is 1. The molecule has 1 aliphatic heterocycles. The van der Waals surface area contributed by atoms with Gasteiger partial charge in [-0.3, -0.25) is 9.10 Å². The summed E-state index contributed by atoms with van der Waals surface area (Å²) in [6.45, 7) is 3.17. The first-order valence-corrected chi connectivity index (χ1v) is 9.77. The normalized spacial score (nSPS) is 12.7.